The number of aliphatic imine (C=N–C) groups is 1. The zero-order chi connectivity index (χ0) is 22.3. The molecule has 0 aliphatic rings. The van der Waals surface area contributed by atoms with Crippen LogP contribution in [0.1, 0.15) is 37.5 Å². The molecule has 0 radical (unpaired) electrons. The van der Waals surface area contributed by atoms with Crippen molar-refractivity contribution in [1.29, 1.82) is 0 Å². The Morgan fingerprint density at radius 2 is 1.83 bits per heavy atom. The SMILES string of the molecule is Cc1ccc(C)c(N=CC(=C(N)Cc2ccccc2)[C@H](NC(=O)CO)C(C)(C)C)c1. The molecule has 0 aliphatic heterocycles. The lowest BCUT2D eigenvalue weighted by Crippen LogP contribution is -2.47. The van der Waals surface area contributed by atoms with Gasteiger partial charge >= 0.3 is 0 Å². The van der Waals surface area contributed by atoms with Gasteiger partial charge in [-0.2, -0.15) is 0 Å². The molecule has 5 heteroatoms. The van der Waals surface area contributed by atoms with Gasteiger partial charge in [0.2, 0.25) is 5.91 Å². The van der Waals surface area contributed by atoms with Crippen LogP contribution in [0.15, 0.2) is 64.8 Å². The lowest BCUT2D eigenvalue weighted by molar-refractivity contribution is -0.124. The van der Waals surface area contributed by atoms with E-state index in [1.54, 1.807) is 6.21 Å². The van der Waals surface area contributed by atoms with Crippen LogP contribution in [-0.2, 0) is 11.2 Å². The summed E-state index contributed by atoms with van der Waals surface area (Å²) < 4.78 is 0. The van der Waals surface area contributed by atoms with Crippen molar-refractivity contribution < 1.29 is 9.90 Å². The van der Waals surface area contributed by atoms with Crippen LogP contribution in [0.25, 0.3) is 0 Å². The summed E-state index contributed by atoms with van der Waals surface area (Å²) in [6.07, 6.45) is 2.30. The molecule has 2 aromatic rings. The second kappa shape index (κ2) is 10.2. The number of rotatable bonds is 7. The van der Waals surface area contributed by atoms with E-state index in [0.717, 1.165) is 28.0 Å². The summed E-state index contributed by atoms with van der Waals surface area (Å²) in [4.78, 5) is 16.8. The number of carbonyl (C=O) groups is 1. The number of amides is 1. The maximum absolute atomic E-state index is 12.1. The first-order valence-corrected chi connectivity index (χ1v) is 10.2. The fraction of sp³-hybridized carbons (Fsp3) is 0.360. The molecule has 0 fully saturated rings. The number of nitrogens with two attached hydrogens (primary N) is 1. The first-order chi connectivity index (χ1) is 14.1. The molecule has 0 spiro atoms. The number of benzene rings is 2. The van der Waals surface area contributed by atoms with E-state index >= 15 is 0 Å². The lowest BCUT2D eigenvalue weighted by atomic mass is 9.81. The van der Waals surface area contributed by atoms with Crippen LogP contribution < -0.4 is 11.1 Å². The minimum Gasteiger partial charge on any atom is -0.401 e. The van der Waals surface area contributed by atoms with Gasteiger partial charge < -0.3 is 16.2 Å². The topological polar surface area (TPSA) is 87.7 Å². The van der Waals surface area contributed by atoms with Crippen molar-refractivity contribution in [2.75, 3.05) is 6.61 Å². The summed E-state index contributed by atoms with van der Waals surface area (Å²) in [5.74, 6) is -0.444. The van der Waals surface area contributed by atoms with Crippen LogP contribution >= 0.6 is 0 Å². The number of nitrogens with one attached hydrogen (secondary N) is 1. The predicted octanol–water partition coefficient (Wildman–Crippen LogP) is 3.98. The summed E-state index contributed by atoms with van der Waals surface area (Å²) in [6.45, 7) is 9.53. The fourth-order valence-electron chi connectivity index (χ4n) is 3.23. The third kappa shape index (κ3) is 6.56. The van der Waals surface area contributed by atoms with Gasteiger partial charge in [-0.05, 0) is 42.0 Å². The van der Waals surface area contributed by atoms with Gasteiger partial charge in [0.25, 0.3) is 0 Å². The Bertz CT molecular complexity index is 925. The van der Waals surface area contributed by atoms with Crippen LogP contribution in [0.4, 0.5) is 5.69 Å². The van der Waals surface area contributed by atoms with Crippen molar-refractivity contribution in [3.63, 3.8) is 0 Å². The largest absolute Gasteiger partial charge is 0.401 e. The highest BCUT2D eigenvalue weighted by atomic mass is 16.3. The van der Waals surface area contributed by atoms with Crippen LogP contribution in [-0.4, -0.2) is 29.9 Å². The third-order valence-electron chi connectivity index (χ3n) is 4.94. The normalized spacial score (nSPS) is 13.8. The van der Waals surface area contributed by atoms with Gasteiger partial charge in [0.1, 0.15) is 6.61 Å². The molecule has 0 saturated heterocycles. The van der Waals surface area contributed by atoms with Crippen LogP contribution in [0.3, 0.4) is 0 Å². The second-order valence-electron chi connectivity index (χ2n) is 8.72. The van der Waals surface area contributed by atoms with Crippen molar-refractivity contribution in [3.05, 3.63) is 76.5 Å². The van der Waals surface area contributed by atoms with E-state index in [4.69, 9.17) is 10.7 Å². The Kier molecular flexibility index (Phi) is 7.95. The van der Waals surface area contributed by atoms with Crippen molar-refractivity contribution >= 4 is 17.8 Å². The van der Waals surface area contributed by atoms with Crippen LogP contribution in [0.5, 0.6) is 0 Å². The first kappa shape index (κ1) is 23.4. The molecule has 2 rings (SSSR count). The molecule has 1 atom stereocenters. The van der Waals surface area contributed by atoms with Gasteiger partial charge in [-0.3, -0.25) is 9.79 Å². The standard InChI is InChI=1S/C25H33N3O2/c1-17-11-12-18(2)22(13-17)27-15-20(21(26)14-19-9-7-6-8-10-19)24(25(3,4)5)28-23(30)16-29/h6-13,15,24,29H,14,16,26H2,1-5H3,(H,28,30)/t24-/m0/s1. The zero-order valence-electron chi connectivity index (χ0n) is 18.6. The van der Waals surface area contributed by atoms with Crippen molar-refractivity contribution in [3.8, 4) is 0 Å². The van der Waals surface area contributed by atoms with Crippen LogP contribution in [0.2, 0.25) is 0 Å². The minimum absolute atomic E-state index is 0.338. The Morgan fingerprint density at radius 3 is 2.43 bits per heavy atom. The molecule has 5 nitrogen and oxygen atoms in total. The molecular weight excluding hydrogens is 374 g/mol. The van der Waals surface area contributed by atoms with E-state index in [9.17, 15) is 9.90 Å². The van der Waals surface area contributed by atoms with E-state index in [1.165, 1.54) is 0 Å². The monoisotopic (exact) mass is 407 g/mol. The number of hydrogen-bond donors (Lipinski definition) is 3. The highest BCUT2D eigenvalue weighted by Crippen LogP contribution is 2.28. The van der Waals surface area contributed by atoms with Gasteiger partial charge in [0.15, 0.2) is 0 Å². The third-order valence-corrected chi connectivity index (χ3v) is 4.94. The van der Waals surface area contributed by atoms with E-state index in [-0.39, 0.29) is 5.41 Å². The van der Waals surface area contributed by atoms with E-state index < -0.39 is 18.6 Å². The molecule has 2 aromatic carbocycles. The highest BCUT2D eigenvalue weighted by molar-refractivity contribution is 5.86. The van der Waals surface area contributed by atoms with Crippen molar-refractivity contribution in [1.82, 2.24) is 5.32 Å². The summed E-state index contributed by atoms with van der Waals surface area (Å²) >= 11 is 0. The average Bonchev–Trinajstić information content (AvgIpc) is 2.69. The maximum atomic E-state index is 12.1. The Labute approximate surface area is 179 Å². The van der Waals surface area contributed by atoms with Crippen LogP contribution in [0, 0.1) is 19.3 Å². The molecule has 4 N–H and O–H groups in total. The van der Waals surface area contributed by atoms with E-state index in [2.05, 4.69) is 5.32 Å². The van der Waals surface area contributed by atoms with Gasteiger partial charge in [-0.15, -0.1) is 0 Å². The van der Waals surface area contributed by atoms with E-state index in [0.29, 0.717) is 12.1 Å². The average molecular weight is 408 g/mol. The quantitative estimate of drug-likeness (QED) is 0.607. The lowest BCUT2D eigenvalue weighted by Gasteiger charge is -2.33. The molecular formula is C25H33N3O2. The predicted molar refractivity (Wildman–Crippen MR) is 124 cm³/mol. The number of aryl methyl sites for hydroxylation is 2. The summed E-state index contributed by atoms with van der Waals surface area (Å²) in [5, 5.41) is 12.2. The molecule has 0 bridgehead atoms. The molecule has 0 unspecified atom stereocenters. The molecule has 30 heavy (non-hydrogen) atoms. The number of aliphatic hydroxyl groups is 1. The summed E-state index contributed by atoms with van der Waals surface area (Å²) in [5.41, 5.74) is 11.7. The van der Waals surface area contributed by atoms with E-state index in [1.807, 2.05) is 83.1 Å². The van der Waals surface area contributed by atoms with Gasteiger partial charge in [0, 0.05) is 23.9 Å². The molecule has 0 aliphatic carbocycles. The number of aliphatic hydroxyl groups excluding tert-OH is 1. The van der Waals surface area contributed by atoms with Gasteiger partial charge in [-0.1, -0.05) is 63.2 Å². The Morgan fingerprint density at radius 1 is 1.17 bits per heavy atom. The smallest absolute Gasteiger partial charge is 0.246 e. The minimum atomic E-state index is -0.577. The maximum Gasteiger partial charge on any atom is 0.246 e. The second-order valence-corrected chi connectivity index (χ2v) is 8.72. The van der Waals surface area contributed by atoms with Gasteiger partial charge in [-0.25, -0.2) is 0 Å². The molecule has 0 aromatic heterocycles. The highest BCUT2D eigenvalue weighted by Gasteiger charge is 2.30. The van der Waals surface area contributed by atoms with Crippen molar-refractivity contribution in [2.45, 2.75) is 47.1 Å². The Hall–Kier alpha value is -2.92. The number of hydrogen-bond acceptors (Lipinski definition) is 4. The zero-order valence-corrected chi connectivity index (χ0v) is 18.6. The summed E-state index contributed by atoms with van der Waals surface area (Å²) in [6, 6.07) is 15.6. The number of nitrogens with zero attached hydrogens (tertiary/aromatic N) is 1. The molecule has 0 heterocycles. The molecule has 160 valence electrons. The molecule has 1 amide bonds. The molecule has 0 saturated carbocycles. The summed E-state index contributed by atoms with van der Waals surface area (Å²) in [7, 11) is 0. The first-order valence-electron chi connectivity index (χ1n) is 10.2. The Balaban J connectivity index is 2.54. The fourth-order valence-corrected chi connectivity index (χ4v) is 3.23. The number of carbonyl (C=O) groups excluding carboxylic acids is 1. The number of allylic oxidation sites excluding steroid dienone is 1. The van der Waals surface area contributed by atoms with Crippen molar-refractivity contribution in [2.24, 2.45) is 16.1 Å². The van der Waals surface area contributed by atoms with Gasteiger partial charge in [0.05, 0.1) is 11.7 Å².